The highest BCUT2D eigenvalue weighted by atomic mass is 35.5. The van der Waals surface area contributed by atoms with E-state index in [-0.39, 0.29) is 17.0 Å². The van der Waals surface area contributed by atoms with Gasteiger partial charge in [0.15, 0.2) is 5.75 Å². The fourth-order valence-corrected chi connectivity index (χ4v) is 3.60. The van der Waals surface area contributed by atoms with Crippen LogP contribution in [0.2, 0.25) is 5.02 Å². The quantitative estimate of drug-likeness (QED) is 0.495. The largest absolute Gasteiger partial charge is 0.505 e. The van der Waals surface area contributed by atoms with E-state index in [4.69, 9.17) is 11.6 Å². The molecule has 0 bridgehead atoms. The van der Waals surface area contributed by atoms with Crippen molar-refractivity contribution in [3.63, 3.8) is 0 Å². The van der Waals surface area contributed by atoms with E-state index in [0.717, 1.165) is 5.56 Å². The van der Waals surface area contributed by atoms with Crippen molar-refractivity contribution in [2.45, 2.75) is 6.92 Å². The number of para-hydroxylation sites is 1. The number of hydrogen-bond acceptors (Lipinski definition) is 6. The van der Waals surface area contributed by atoms with Crippen molar-refractivity contribution in [1.29, 1.82) is 0 Å². The maximum absolute atomic E-state index is 12.7. The van der Waals surface area contributed by atoms with E-state index in [2.05, 4.69) is 15.0 Å². The number of ether oxygens (including phenoxy) is 1. The monoisotopic (exact) mass is 402 g/mol. The van der Waals surface area contributed by atoms with E-state index in [0.29, 0.717) is 20.6 Å². The smallest absolute Gasteiger partial charge is 0.341 e. The zero-order valence-electron chi connectivity index (χ0n) is 14.4. The van der Waals surface area contributed by atoms with Crippen LogP contribution in [0.1, 0.15) is 25.7 Å². The highest BCUT2D eigenvalue weighted by Gasteiger charge is 2.20. The predicted molar refractivity (Wildman–Crippen MR) is 105 cm³/mol. The number of phenolic OH excluding ortho intramolecular Hbond substituents is 1. The number of nitrogens with zero attached hydrogens (tertiary/aromatic N) is 1. The van der Waals surface area contributed by atoms with E-state index in [1.807, 2.05) is 12.1 Å². The van der Waals surface area contributed by atoms with Crippen LogP contribution in [0, 0.1) is 6.92 Å². The lowest BCUT2D eigenvalue weighted by Crippen LogP contribution is -2.12. The Morgan fingerprint density at radius 1 is 1.22 bits per heavy atom. The zero-order valence-corrected chi connectivity index (χ0v) is 16.0. The molecule has 138 valence electrons. The van der Waals surface area contributed by atoms with Crippen molar-refractivity contribution in [3.05, 3.63) is 63.6 Å². The molecule has 0 aliphatic carbocycles. The molecule has 0 saturated carbocycles. The molecule has 0 aliphatic heterocycles. The summed E-state index contributed by atoms with van der Waals surface area (Å²) in [6.45, 7) is 1.73. The second kappa shape index (κ2) is 7.77. The van der Waals surface area contributed by atoms with Gasteiger partial charge in [0.2, 0.25) is 0 Å². The molecule has 3 rings (SSSR count). The lowest BCUT2D eigenvalue weighted by molar-refractivity contribution is 0.0597. The fourth-order valence-electron chi connectivity index (χ4n) is 2.45. The molecule has 8 heteroatoms. The minimum Gasteiger partial charge on any atom is -0.505 e. The van der Waals surface area contributed by atoms with E-state index < -0.39 is 11.9 Å². The van der Waals surface area contributed by atoms with E-state index in [9.17, 15) is 14.7 Å². The third-order valence-electron chi connectivity index (χ3n) is 3.76. The molecule has 0 unspecified atom stereocenters. The van der Waals surface area contributed by atoms with Crippen LogP contribution in [0.4, 0.5) is 5.69 Å². The topological polar surface area (TPSA) is 88.5 Å². The zero-order chi connectivity index (χ0) is 19.6. The lowest BCUT2D eigenvalue weighted by atomic mass is 10.1. The van der Waals surface area contributed by atoms with Gasteiger partial charge in [0, 0.05) is 10.6 Å². The summed E-state index contributed by atoms with van der Waals surface area (Å²) in [5.74, 6) is -1.48. The molecule has 3 aromatic rings. The molecule has 0 fully saturated rings. The Balaban J connectivity index is 1.89. The van der Waals surface area contributed by atoms with Crippen molar-refractivity contribution < 1.29 is 19.4 Å². The number of benzene rings is 2. The van der Waals surface area contributed by atoms with Crippen LogP contribution in [-0.4, -0.2) is 29.1 Å². The summed E-state index contributed by atoms with van der Waals surface area (Å²) in [6, 6.07) is 11.6. The van der Waals surface area contributed by atoms with Gasteiger partial charge in [0.25, 0.3) is 5.91 Å². The molecule has 0 atom stereocenters. The summed E-state index contributed by atoms with van der Waals surface area (Å²) in [5, 5.41) is 14.1. The van der Waals surface area contributed by atoms with Gasteiger partial charge >= 0.3 is 5.97 Å². The van der Waals surface area contributed by atoms with Crippen molar-refractivity contribution in [3.8, 4) is 16.3 Å². The first-order valence-corrected chi connectivity index (χ1v) is 9.05. The van der Waals surface area contributed by atoms with Crippen LogP contribution in [0.3, 0.4) is 0 Å². The average Bonchev–Trinajstić information content (AvgIpc) is 3.05. The SMILES string of the molecule is COC(=O)c1cccc(NC(=O)c2sc(-c3cccc(Cl)c3)nc2C)c1O. The minimum atomic E-state index is -0.694. The molecule has 2 aromatic carbocycles. The van der Waals surface area contributed by atoms with Gasteiger partial charge < -0.3 is 15.2 Å². The predicted octanol–water partition coefficient (Wildman–Crippen LogP) is 4.52. The molecular formula is C19H15ClN2O4S. The third kappa shape index (κ3) is 3.94. The Morgan fingerprint density at radius 2 is 1.96 bits per heavy atom. The van der Waals surface area contributed by atoms with Crippen LogP contribution in [0.15, 0.2) is 42.5 Å². The highest BCUT2D eigenvalue weighted by molar-refractivity contribution is 7.17. The molecule has 0 radical (unpaired) electrons. The van der Waals surface area contributed by atoms with Crippen LogP contribution >= 0.6 is 22.9 Å². The van der Waals surface area contributed by atoms with Crippen LogP contribution in [0.5, 0.6) is 5.75 Å². The fraction of sp³-hybridized carbons (Fsp3) is 0.105. The summed E-state index contributed by atoms with van der Waals surface area (Å²) in [5.41, 5.74) is 1.44. The lowest BCUT2D eigenvalue weighted by Gasteiger charge is -2.09. The third-order valence-corrected chi connectivity index (χ3v) is 5.20. The van der Waals surface area contributed by atoms with Gasteiger partial charge in [-0.25, -0.2) is 9.78 Å². The minimum absolute atomic E-state index is 0.0315. The number of phenols is 1. The number of carbonyl (C=O) groups excluding carboxylic acids is 2. The van der Waals surface area contributed by atoms with Crippen molar-refractivity contribution >= 4 is 40.5 Å². The van der Waals surface area contributed by atoms with Crippen LogP contribution in [-0.2, 0) is 4.74 Å². The van der Waals surface area contributed by atoms with Gasteiger partial charge in [0.05, 0.1) is 18.5 Å². The van der Waals surface area contributed by atoms with Crippen LogP contribution < -0.4 is 5.32 Å². The van der Waals surface area contributed by atoms with E-state index in [1.165, 1.54) is 30.6 Å². The van der Waals surface area contributed by atoms with Gasteiger partial charge in [-0.1, -0.05) is 29.8 Å². The maximum atomic E-state index is 12.7. The Kier molecular flexibility index (Phi) is 5.43. The Morgan fingerprint density at radius 3 is 2.67 bits per heavy atom. The molecular weight excluding hydrogens is 388 g/mol. The number of aryl methyl sites for hydroxylation is 1. The number of thiazole rings is 1. The molecule has 0 aliphatic rings. The number of amides is 1. The van der Waals surface area contributed by atoms with Gasteiger partial charge in [0.1, 0.15) is 15.4 Å². The standard InChI is InChI=1S/C19H15ClN2O4S/c1-10-16(27-18(21-10)11-5-3-6-12(20)9-11)17(24)22-14-8-4-7-13(15(14)23)19(25)26-2/h3-9,23H,1-2H3,(H,22,24). The first-order valence-electron chi connectivity index (χ1n) is 7.85. The molecule has 6 nitrogen and oxygen atoms in total. The number of aromatic nitrogens is 1. The highest BCUT2D eigenvalue weighted by Crippen LogP contribution is 2.32. The summed E-state index contributed by atoms with van der Waals surface area (Å²) in [4.78, 5) is 29.2. The van der Waals surface area contributed by atoms with Gasteiger partial charge in [-0.05, 0) is 31.2 Å². The number of hydrogen-bond donors (Lipinski definition) is 2. The summed E-state index contributed by atoms with van der Waals surface area (Å²) in [7, 11) is 1.21. The molecule has 1 amide bonds. The summed E-state index contributed by atoms with van der Waals surface area (Å²) in [6.07, 6.45) is 0. The average molecular weight is 403 g/mol. The number of rotatable bonds is 4. The van der Waals surface area contributed by atoms with Gasteiger partial charge in [-0.15, -0.1) is 11.3 Å². The number of anilines is 1. The van der Waals surface area contributed by atoms with E-state index >= 15 is 0 Å². The Labute approximate surface area is 164 Å². The van der Waals surface area contributed by atoms with Crippen molar-refractivity contribution in [1.82, 2.24) is 4.98 Å². The first-order chi connectivity index (χ1) is 12.9. The second-order valence-electron chi connectivity index (χ2n) is 5.59. The van der Waals surface area contributed by atoms with Crippen molar-refractivity contribution in [2.24, 2.45) is 0 Å². The maximum Gasteiger partial charge on any atom is 0.341 e. The molecule has 27 heavy (non-hydrogen) atoms. The van der Waals surface area contributed by atoms with Crippen LogP contribution in [0.25, 0.3) is 10.6 Å². The number of carbonyl (C=O) groups is 2. The number of halogens is 1. The Bertz CT molecular complexity index is 1030. The number of esters is 1. The molecule has 1 heterocycles. The molecule has 2 N–H and O–H groups in total. The van der Waals surface area contributed by atoms with E-state index in [1.54, 1.807) is 25.1 Å². The molecule has 1 aromatic heterocycles. The molecule has 0 spiro atoms. The van der Waals surface area contributed by atoms with Gasteiger partial charge in [-0.2, -0.15) is 0 Å². The normalized spacial score (nSPS) is 10.5. The number of nitrogens with one attached hydrogen (secondary N) is 1. The number of methoxy groups -OCH3 is 1. The molecule has 0 saturated heterocycles. The first kappa shape index (κ1) is 18.9. The second-order valence-corrected chi connectivity index (χ2v) is 7.03. The summed E-state index contributed by atoms with van der Waals surface area (Å²) >= 11 is 7.23. The number of aromatic hydroxyl groups is 1. The Hall–Kier alpha value is -2.90. The van der Waals surface area contributed by atoms with Crippen molar-refractivity contribution in [2.75, 3.05) is 12.4 Å². The summed E-state index contributed by atoms with van der Waals surface area (Å²) < 4.78 is 4.61. The van der Waals surface area contributed by atoms with Gasteiger partial charge in [-0.3, -0.25) is 4.79 Å².